The lowest BCUT2D eigenvalue weighted by molar-refractivity contribution is -0.107. The molecule has 3 aromatic rings. The molecule has 0 amide bonds. The molecule has 1 N–H and O–H groups in total. The molecule has 0 bridgehead atoms. The molecule has 8 heteroatoms. The van der Waals surface area contributed by atoms with E-state index in [1.165, 1.54) is 12.1 Å². The zero-order valence-electron chi connectivity index (χ0n) is 19.8. The summed E-state index contributed by atoms with van der Waals surface area (Å²) in [7, 11) is 2.14. The van der Waals surface area contributed by atoms with Crippen LogP contribution in [0.15, 0.2) is 30.3 Å². The summed E-state index contributed by atoms with van der Waals surface area (Å²) in [6.45, 7) is 8.01. The van der Waals surface area contributed by atoms with Crippen molar-refractivity contribution in [1.82, 2.24) is 19.9 Å². The Morgan fingerprint density at radius 1 is 1.24 bits per heavy atom. The second-order valence-electron chi connectivity index (χ2n) is 8.18. The summed E-state index contributed by atoms with van der Waals surface area (Å²) in [6.07, 6.45) is 4.64. The minimum Gasteiger partial charge on any atom is -0.340 e. The van der Waals surface area contributed by atoms with Gasteiger partial charge in [-0.05, 0) is 58.0 Å². The van der Waals surface area contributed by atoms with E-state index in [1.807, 2.05) is 26.0 Å². The highest BCUT2D eigenvalue weighted by molar-refractivity contribution is 7.15. The van der Waals surface area contributed by atoms with Crippen molar-refractivity contribution in [2.45, 2.75) is 52.4 Å². The minimum atomic E-state index is -0.274. The molecule has 1 unspecified atom stereocenters. The van der Waals surface area contributed by atoms with Crippen LogP contribution in [0.4, 0.5) is 15.9 Å². The molecule has 6 nitrogen and oxygen atoms in total. The van der Waals surface area contributed by atoms with Crippen molar-refractivity contribution in [2.75, 3.05) is 25.5 Å². The van der Waals surface area contributed by atoms with E-state index in [9.17, 15) is 9.18 Å². The lowest BCUT2D eigenvalue weighted by atomic mass is 9.97. The van der Waals surface area contributed by atoms with Crippen LogP contribution in [0, 0.1) is 12.7 Å². The van der Waals surface area contributed by atoms with E-state index >= 15 is 0 Å². The SMILES string of the molecule is CCC=O.CCc1nc(C)c(-c2cc(Nc3cccc(F)c3)nc(C3CCCN(C)C3)n2)s1. The molecule has 1 aromatic carbocycles. The molecule has 1 fully saturated rings. The Kier molecular flexibility index (Phi) is 9.03. The maximum absolute atomic E-state index is 13.6. The van der Waals surface area contributed by atoms with Gasteiger partial charge in [0.2, 0.25) is 0 Å². The third kappa shape index (κ3) is 6.88. The number of carbonyl (C=O) groups excluding carboxylic acids is 1. The van der Waals surface area contributed by atoms with E-state index in [0.717, 1.165) is 65.7 Å². The van der Waals surface area contributed by atoms with E-state index in [0.29, 0.717) is 23.8 Å². The normalized spacial score (nSPS) is 16.1. The van der Waals surface area contributed by atoms with Gasteiger partial charge < -0.3 is 15.0 Å². The Balaban J connectivity index is 0.000000709. The van der Waals surface area contributed by atoms with Gasteiger partial charge in [-0.3, -0.25) is 0 Å². The van der Waals surface area contributed by atoms with Crippen molar-refractivity contribution < 1.29 is 9.18 Å². The smallest absolute Gasteiger partial charge is 0.135 e. The van der Waals surface area contributed by atoms with Crippen LogP contribution >= 0.6 is 11.3 Å². The Labute approximate surface area is 199 Å². The number of aryl methyl sites for hydroxylation is 2. The highest BCUT2D eigenvalue weighted by atomic mass is 32.1. The maximum atomic E-state index is 13.6. The second-order valence-corrected chi connectivity index (χ2v) is 9.27. The van der Waals surface area contributed by atoms with Gasteiger partial charge in [-0.1, -0.05) is 19.9 Å². The Morgan fingerprint density at radius 2 is 2.03 bits per heavy atom. The molecule has 33 heavy (non-hydrogen) atoms. The number of likely N-dealkylation sites (tertiary alicyclic amines) is 1. The second kappa shape index (κ2) is 12.0. The number of halogens is 1. The van der Waals surface area contributed by atoms with Crippen LogP contribution in [-0.2, 0) is 11.2 Å². The first-order chi connectivity index (χ1) is 15.9. The number of thiazole rings is 1. The van der Waals surface area contributed by atoms with Gasteiger partial charge >= 0.3 is 0 Å². The molecular weight excluding hydrogens is 437 g/mol. The minimum absolute atomic E-state index is 0.274. The Bertz CT molecular complexity index is 1070. The van der Waals surface area contributed by atoms with Gasteiger partial charge in [0.25, 0.3) is 0 Å². The zero-order valence-corrected chi connectivity index (χ0v) is 20.6. The molecule has 0 saturated carbocycles. The zero-order chi connectivity index (χ0) is 23.8. The first-order valence-electron chi connectivity index (χ1n) is 11.4. The van der Waals surface area contributed by atoms with Crippen molar-refractivity contribution in [3.05, 3.63) is 52.7 Å². The average Bonchev–Trinajstić information content (AvgIpc) is 3.20. The van der Waals surface area contributed by atoms with E-state index in [2.05, 4.69) is 29.2 Å². The number of anilines is 2. The third-order valence-electron chi connectivity index (χ3n) is 5.37. The van der Waals surface area contributed by atoms with Crippen molar-refractivity contribution in [3.8, 4) is 10.6 Å². The van der Waals surface area contributed by atoms with E-state index in [-0.39, 0.29) is 5.82 Å². The van der Waals surface area contributed by atoms with Gasteiger partial charge in [0, 0.05) is 30.6 Å². The van der Waals surface area contributed by atoms with Crippen LogP contribution in [0.2, 0.25) is 0 Å². The number of rotatable bonds is 6. The molecule has 1 atom stereocenters. The summed E-state index contributed by atoms with van der Waals surface area (Å²) >= 11 is 1.69. The van der Waals surface area contributed by atoms with E-state index in [1.54, 1.807) is 17.4 Å². The average molecular weight is 470 g/mol. The molecule has 0 radical (unpaired) electrons. The number of hydrogen-bond acceptors (Lipinski definition) is 7. The van der Waals surface area contributed by atoms with Crippen molar-refractivity contribution in [2.24, 2.45) is 0 Å². The Morgan fingerprint density at radius 3 is 2.67 bits per heavy atom. The number of carbonyl (C=O) groups is 1. The standard InChI is InChI=1S/C22H26FN5S.C3H6O/c1-4-20-24-14(2)21(29-20)18-12-19(25-17-9-5-8-16(23)11-17)27-22(26-18)15-7-6-10-28(3)13-15;1-2-3-4/h5,8-9,11-12,15H,4,6-7,10,13H2,1-3H3,(H,25,26,27);3H,2H2,1H3. The highest BCUT2D eigenvalue weighted by Crippen LogP contribution is 2.33. The predicted octanol–water partition coefficient (Wildman–Crippen LogP) is 5.76. The largest absolute Gasteiger partial charge is 0.340 e. The lowest BCUT2D eigenvalue weighted by Crippen LogP contribution is -2.31. The van der Waals surface area contributed by atoms with Crippen LogP contribution in [0.25, 0.3) is 10.6 Å². The van der Waals surface area contributed by atoms with Gasteiger partial charge in [-0.2, -0.15) is 0 Å². The van der Waals surface area contributed by atoms with Crippen LogP contribution < -0.4 is 5.32 Å². The quantitative estimate of drug-likeness (QED) is 0.463. The molecular formula is C25H32FN5OS. The van der Waals surface area contributed by atoms with E-state index in [4.69, 9.17) is 9.97 Å². The van der Waals surface area contributed by atoms with Gasteiger partial charge in [0.05, 0.1) is 21.3 Å². The molecule has 0 aliphatic carbocycles. The summed E-state index contributed by atoms with van der Waals surface area (Å²) in [4.78, 5) is 27.0. The molecule has 0 spiro atoms. The van der Waals surface area contributed by atoms with Crippen molar-refractivity contribution in [1.29, 1.82) is 0 Å². The van der Waals surface area contributed by atoms with Crippen LogP contribution in [0.5, 0.6) is 0 Å². The third-order valence-corrected chi connectivity index (χ3v) is 6.70. The van der Waals surface area contributed by atoms with Gasteiger partial charge in [-0.15, -0.1) is 11.3 Å². The highest BCUT2D eigenvalue weighted by Gasteiger charge is 2.23. The van der Waals surface area contributed by atoms with E-state index < -0.39 is 0 Å². The molecule has 176 valence electrons. The number of likely N-dealkylation sites (N-methyl/N-ethyl adjacent to an activating group) is 1. The molecule has 3 heterocycles. The number of piperidine rings is 1. The molecule has 1 aliphatic heterocycles. The number of aromatic nitrogens is 3. The maximum Gasteiger partial charge on any atom is 0.135 e. The number of nitrogens with zero attached hydrogens (tertiary/aromatic N) is 4. The number of aldehydes is 1. The summed E-state index contributed by atoms with van der Waals surface area (Å²) in [5.41, 5.74) is 2.56. The molecule has 1 saturated heterocycles. The molecule has 1 aliphatic rings. The van der Waals surface area contributed by atoms with Gasteiger partial charge in [0.15, 0.2) is 0 Å². The first-order valence-corrected chi connectivity index (χ1v) is 12.3. The summed E-state index contributed by atoms with van der Waals surface area (Å²) < 4.78 is 13.6. The van der Waals surface area contributed by atoms with Crippen LogP contribution in [0.3, 0.4) is 0 Å². The molecule has 4 rings (SSSR count). The first kappa shape index (κ1) is 24.9. The Hall–Kier alpha value is -2.71. The topological polar surface area (TPSA) is 71.0 Å². The fourth-order valence-electron chi connectivity index (χ4n) is 3.76. The summed E-state index contributed by atoms with van der Waals surface area (Å²) in [6, 6.07) is 8.39. The summed E-state index contributed by atoms with van der Waals surface area (Å²) in [5.74, 6) is 1.55. The fourth-order valence-corrected chi connectivity index (χ4v) is 4.73. The van der Waals surface area contributed by atoms with Gasteiger partial charge in [0.1, 0.15) is 23.7 Å². The lowest BCUT2D eigenvalue weighted by Gasteiger charge is -2.29. The van der Waals surface area contributed by atoms with Crippen molar-refractivity contribution >= 4 is 29.1 Å². The van der Waals surface area contributed by atoms with Crippen LogP contribution in [0.1, 0.15) is 55.6 Å². The predicted molar refractivity (Wildman–Crippen MR) is 133 cm³/mol. The van der Waals surface area contributed by atoms with Crippen LogP contribution in [-0.4, -0.2) is 46.3 Å². The number of hydrogen-bond donors (Lipinski definition) is 1. The number of nitrogens with one attached hydrogen (secondary N) is 1. The fraction of sp³-hybridized carbons (Fsp3) is 0.440. The van der Waals surface area contributed by atoms with Gasteiger partial charge in [-0.25, -0.2) is 19.3 Å². The monoisotopic (exact) mass is 469 g/mol. The number of benzene rings is 1. The van der Waals surface area contributed by atoms with Crippen molar-refractivity contribution in [3.63, 3.8) is 0 Å². The molecule has 2 aromatic heterocycles. The summed E-state index contributed by atoms with van der Waals surface area (Å²) in [5, 5.41) is 4.37.